The van der Waals surface area contributed by atoms with E-state index in [4.69, 9.17) is 10.5 Å². The number of ether oxygens (including phenoxy) is 1. The molecule has 1 aromatic heterocycles. The van der Waals surface area contributed by atoms with Gasteiger partial charge in [0.2, 0.25) is 11.8 Å². The molecule has 0 saturated heterocycles. The maximum absolute atomic E-state index is 11.5. The summed E-state index contributed by atoms with van der Waals surface area (Å²) in [6.07, 6.45) is 1.67. The van der Waals surface area contributed by atoms with Crippen molar-refractivity contribution in [2.24, 2.45) is 5.73 Å². The van der Waals surface area contributed by atoms with E-state index >= 15 is 0 Å². The van der Waals surface area contributed by atoms with Crippen LogP contribution in [0.3, 0.4) is 0 Å². The Bertz CT molecular complexity index is 623. The van der Waals surface area contributed by atoms with Crippen molar-refractivity contribution in [3.05, 3.63) is 47.2 Å². The molecule has 0 bridgehead atoms. The van der Waals surface area contributed by atoms with Crippen molar-refractivity contribution >= 4 is 18.7 Å². The summed E-state index contributed by atoms with van der Waals surface area (Å²) in [6.45, 7) is 4.37. The Morgan fingerprint density at radius 3 is 2.75 bits per heavy atom. The van der Waals surface area contributed by atoms with E-state index < -0.39 is 5.91 Å². The first-order valence-corrected chi connectivity index (χ1v) is 6.68. The van der Waals surface area contributed by atoms with Gasteiger partial charge in [-0.2, -0.15) is 0 Å². The van der Waals surface area contributed by atoms with Gasteiger partial charge < -0.3 is 10.5 Å². The maximum atomic E-state index is 11.5. The number of amides is 1. The van der Waals surface area contributed by atoms with Crippen LogP contribution in [0.25, 0.3) is 0 Å². The fourth-order valence-electron chi connectivity index (χ4n) is 2.06. The predicted octanol–water partition coefficient (Wildman–Crippen LogP) is 2.38. The average Bonchev–Trinajstić information content (AvgIpc) is 2.81. The van der Waals surface area contributed by atoms with Crippen LogP contribution < -0.4 is 10.5 Å². The Morgan fingerprint density at radius 2 is 2.20 bits per heavy atom. The van der Waals surface area contributed by atoms with Gasteiger partial charge >= 0.3 is 0 Å². The van der Waals surface area contributed by atoms with Crippen LogP contribution in [0.15, 0.2) is 30.5 Å². The minimum atomic E-state index is -0.453. The Balaban J connectivity index is 2.30. The van der Waals surface area contributed by atoms with Crippen LogP contribution in [-0.4, -0.2) is 15.1 Å². The van der Waals surface area contributed by atoms with Gasteiger partial charge in [-0.05, 0) is 30.4 Å². The normalized spacial score (nSPS) is 10.8. The molecule has 2 N–H and O–H groups in total. The molecule has 1 aromatic carbocycles. The minimum absolute atomic E-state index is 0.247. The number of primary amides is 1. The third kappa shape index (κ3) is 3.14. The first-order chi connectivity index (χ1) is 9.49. The van der Waals surface area contributed by atoms with E-state index in [1.165, 1.54) is 4.09 Å². The summed E-state index contributed by atoms with van der Waals surface area (Å²) in [5.74, 6) is 0.273. The molecular formula is C14H17N3O2S. The second kappa shape index (κ2) is 6.00. The van der Waals surface area contributed by atoms with Crippen LogP contribution in [-0.2, 0) is 6.61 Å². The molecule has 5 nitrogen and oxygen atoms in total. The summed E-state index contributed by atoms with van der Waals surface area (Å²) in [5, 5.41) is 4.02. The summed E-state index contributed by atoms with van der Waals surface area (Å²) in [4.78, 5) is 11.5. The number of rotatable bonds is 5. The Hall–Kier alpha value is -1.95. The largest absolute Gasteiger partial charge is 0.472 e. The van der Waals surface area contributed by atoms with Crippen LogP contribution >= 0.6 is 12.8 Å². The van der Waals surface area contributed by atoms with Crippen LogP contribution in [0.2, 0.25) is 0 Å². The number of carbonyl (C=O) groups is 1. The van der Waals surface area contributed by atoms with Crippen molar-refractivity contribution in [1.29, 1.82) is 0 Å². The van der Waals surface area contributed by atoms with Gasteiger partial charge in [0.15, 0.2) is 0 Å². The average molecular weight is 291 g/mol. The lowest BCUT2D eigenvalue weighted by Crippen LogP contribution is -2.17. The monoisotopic (exact) mass is 291 g/mol. The highest BCUT2D eigenvalue weighted by Gasteiger charge is 2.15. The molecule has 2 rings (SSSR count). The summed E-state index contributed by atoms with van der Waals surface area (Å²) >= 11 is 4.04. The number of carbonyl (C=O) groups excluding carboxylic acids is 1. The SMILES string of the molecule is CC(C)c1cccc(C(N)=O)c1COc1ccn(S)n1. The van der Waals surface area contributed by atoms with Crippen LogP contribution in [0.5, 0.6) is 5.88 Å². The van der Waals surface area contributed by atoms with E-state index in [1.54, 1.807) is 18.3 Å². The zero-order valence-electron chi connectivity index (χ0n) is 11.4. The molecule has 0 unspecified atom stereocenters. The first-order valence-electron chi connectivity index (χ1n) is 6.28. The van der Waals surface area contributed by atoms with E-state index in [1.807, 2.05) is 12.1 Å². The van der Waals surface area contributed by atoms with Crippen molar-refractivity contribution in [2.75, 3.05) is 0 Å². The van der Waals surface area contributed by atoms with Gasteiger partial charge in [-0.3, -0.25) is 4.79 Å². The van der Waals surface area contributed by atoms with Crippen molar-refractivity contribution in [3.63, 3.8) is 0 Å². The Morgan fingerprint density at radius 1 is 1.45 bits per heavy atom. The number of nitrogens with zero attached hydrogens (tertiary/aromatic N) is 2. The molecule has 106 valence electrons. The highest BCUT2D eigenvalue weighted by Crippen LogP contribution is 2.24. The second-order valence-corrected chi connectivity index (χ2v) is 5.17. The van der Waals surface area contributed by atoms with Crippen molar-refractivity contribution in [3.8, 4) is 5.88 Å². The van der Waals surface area contributed by atoms with E-state index in [9.17, 15) is 4.79 Å². The predicted molar refractivity (Wildman–Crippen MR) is 80.0 cm³/mol. The van der Waals surface area contributed by atoms with Crippen LogP contribution in [0, 0.1) is 0 Å². The highest BCUT2D eigenvalue weighted by atomic mass is 32.1. The molecule has 1 heterocycles. The Kier molecular flexibility index (Phi) is 4.34. The molecular weight excluding hydrogens is 274 g/mol. The van der Waals surface area contributed by atoms with E-state index in [0.29, 0.717) is 11.4 Å². The molecule has 2 aromatic rings. The molecule has 0 radical (unpaired) electrons. The van der Waals surface area contributed by atoms with Gasteiger partial charge in [0.1, 0.15) is 6.61 Å². The van der Waals surface area contributed by atoms with Gasteiger partial charge in [-0.15, -0.1) is 5.10 Å². The van der Waals surface area contributed by atoms with Gasteiger partial charge in [-0.1, -0.05) is 26.0 Å². The number of hydrogen-bond acceptors (Lipinski definition) is 4. The van der Waals surface area contributed by atoms with Crippen molar-refractivity contribution in [2.45, 2.75) is 26.4 Å². The van der Waals surface area contributed by atoms with Crippen LogP contribution in [0.1, 0.15) is 41.3 Å². The van der Waals surface area contributed by atoms with Gasteiger partial charge in [-0.25, -0.2) is 4.09 Å². The van der Waals surface area contributed by atoms with Crippen molar-refractivity contribution < 1.29 is 9.53 Å². The number of aromatic nitrogens is 2. The Labute approximate surface area is 123 Å². The third-order valence-corrected chi connectivity index (χ3v) is 3.24. The first kappa shape index (κ1) is 14.5. The minimum Gasteiger partial charge on any atom is -0.472 e. The summed E-state index contributed by atoms with van der Waals surface area (Å²) in [7, 11) is 0. The lowest BCUT2D eigenvalue weighted by Gasteiger charge is -2.15. The second-order valence-electron chi connectivity index (χ2n) is 4.76. The summed E-state index contributed by atoms with van der Waals surface area (Å²) in [6, 6.07) is 7.23. The fourth-order valence-corrected chi connectivity index (χ4v) is 2.21. The molecule has 0 saturated carbocycles. The molecule has 1 amide bonds. The van der Waals surface area contributed by atoms with Gasteiger partial charge in [0.05, 0.1) is 0 Å². The smallest absolute Gasteiger partial charge is 0.249 e. The number of hydrogen-bond donors (Lipinski definition) is 2. The van der Waals surface area contributed by atoms with Gasteiger partial charge in [0.25, 0.3) is 0 Å². The van der Waals surface area contributed by atoms with E-state index in [2.05, 4.69) is 31.8 Å². The standard InChI is InChI=1S/C14H17N3O2S/c1-9(2)10-4-3-5-11(14(15)18)12(10)8-19-13-6-7-17(20)16-13/h3-7,9,20H,8H2,1-2H3,(H2,15,18). The fraction of sp³-hybridized carbons (Fsp3) is 0.286. The number of thiol groups is 1. The third-order valence-electron chi connectivity index (χ3n) is 3.02. The molecule has 0 spiro atoms. The van der Waals surface area contributed by atoms with E-state index in [-0.39, 0.29) is 12.5 Å². The highest BCUT2D eigenvalue weighted by molar-refractivity contribution is 7.78. The molecule has 20 heavy (non-hydrogen) atoms. The quantitative estimate of drug-likeness (QED) is 0.831. The van der Waals surface area contributed by atoms with Gasteiger partial charge in [0, 0.05) is 23.4 Å². The lowest BCUT2D eigenvalue weighted by atomic mass is 9.93. The zero-order valence-corrected chi connectivity index (χ0v) is 12.3. The van der Waals surface area contributed by atoms with Crippen LogP contribution in [0.4, 0.5) is 0 Å². The van der Waals surface area contributed by atoms with Crippen molar-refractivity contribution in [1.82, 2.24) is 9.19 Å². The topological polar surface area (TPSA) is 70.1 Å². The summed E-state index contributed by atoms with van der Waals surface area (Å²) < 4.78 is 6.97. The number of nitrogens with two attached hydrogens (primary N) is 1. The molecule has 0 aliphatic rings. The molecule has 0 aliphatic carbocycles. The lowest BCUT2D eigenvalue weighted by molar-refractivity contribution is 0.0997. The molecule has 0 atom stereocenters. The number of benzene rings is 1. The molecule has 0 fully saturated rings. The molecule has 0 aliphatic heterocycles. The maximum Gasteiger partial charge on any atom is 0.249 e. The zero-order chi connectivity index (χ0) is 14.7. The van der Waals surface area contributed by atoms with E-state index in [0.717, 1.165) is 11.1 Å². The molecule has 6 heteroatoms. The summed E-state index contributed by atoms with van der Waals surface area (Å²) in [5.41, 5.74) is 7.77.